The molecule has 1 aromatic carbocycles. The minimum atomic E-state index is -4.12. The van der Waals surface area contributed by atoms with Crippen molar-refractivity contribution in [1.29, 1.82) is 0 Å². The maximum absolute atomic E-state index is 11.9. The van der Waals surface area contributed by atoms with Gasteiger partial charge in [-0.3, -0.25) is 5.48 Å². The Morgan fingerprint density at radius 1 is 1.33 bits per heavy atom. The Balaban J connectivity index is 2.03. The van der Waals surface area contributed by atoms with Crippen LogP contribution in [0.5, 0.6) is 0 Å². The fourth-order valence-corrected chi connectivity index (χ4v) is 3.79. The maximum atomic E-state index is 11.9. The molecule has 1 saturated heterocycles. The van der Waals surface area contributed by atoms with E-state index in [9.17, 15) is 13.5 Å². The monoisotopic (exact) mass is 393 g/mol. The van der Waals surface area contributed by atoms with Gasteiger partial charge >= 0.3 is 10.2 Å². The van der Waals surface area contributed by atoms with Crippen LogP contribution in [0.25, 0.3) is 11.1 Å². The van der Waals surface area contributed by atoms with Crippen LogP contribution in [-0.4, -0.2) is 43.7 Å². The molecule has 0 spiro atoms. The van der Waals surface area contributed by atoms with Gasteiger partial charge in [0.1, 0.15) is 5.69 Å². The average Bonchev–Trinajstić information content (AvgIpc) is 3.13. The van der Waals surface area contributed by atoms with Crippen molar-refractivity contribution in [1.82, 2.24) is 14.8 Å². The van der Waals surface area contributed by atoms with Crippen LogP contribution in [0.2, 0.25) is 0 Å². The number of hydrogen-bond acceptors (Lipinski definition) is 7. The van der Waals surface area contributed by atoms with E-state index in [1.165, 1.54) is 12.4 Å². The third-order valence-corrected chi connectivity index (χ3v) is 5.17. The van der Waals surface area contributed by atoms with Crippen molar-refractivity contribution in [2.45, 2.75) is 6.29 Å². The number of nitrogens with one attached hydrogen (secondary N) is 2. The number of piperazine rings is 1. The predicted octanol–water partition coefficient (Wildman–Crippen LogP) is 0.272. The van der Waals surface area contributed by atoms with E-state index in [0.717, 1.165) is 41.4 Å². The number of nitrogens with zero attached hydrogens (tertiary/aromatic N) is 2. The SMILES string of the molecule is C=CNOC(O)c1c(-c2cccc(N3CCNCC3)c2)ccn1S(N)(=O)=O. The van der Waals surface area contributed by atoms with Gasteiger partial charge in [-0.05, 0) is 23.8 Å². The van der Waals surface area contributed by atoms with E-state index in [0.29, 0.717) is 5.56 Å². The Morgan fingerprint density at radius 2 is 2.07 bits per heavy atom. The highest BCUT2D eigenvalue weighted by Gasteiger charge is 2.25. The van der Waals surface area contributed by atoms with E-state index < -0.39 is 16.5 Å². The zero-order valence-electron chi connectivity index (χ0n) is 14.7. The molecule has 0 amide bonds. The molecular formula is C17H23N5O4S. The fraction of sp³-hybridized carbons (Fsp3) is 0.294. The third-order valence-electron chi connectivity index (χ3n) is 4.30. The van der Waals surface area contributed by atoms with Gasteiger partial charge in [0.05, 0.1) is 0 Å². The van der Waals surface area contributed by atoms with Crippen molar-refractivity contribution >= 4 is 15.9 Å². The first kappa shape index (κ1) is 19.4. The Hall–Kier alpha value is -2.37. The molecule has 1 fully saturated rings. The van der Waals surface area contributed by atoms with Gasteiger partial charge in [0.15, 0.2) is 0 Å². The lowest BCUT2D eigenvalue weighted by molar-refractivity contribution is -0.139. The first-order chi connectivity index (χ1) is 12.9. The van der Waals surface area contributed by atoms with Crippen molar-refractivity contribution in [3.8, 4) is 11.1 Å². The minimum Gasteiger partial charge on any atom is -0.369 e. The molecule has 27 heavy (non-hydrogen) atoms. The fourth-order valence-electron chi connectivity index (χ4n) is 3.10. The number of aromatic nitrogens is 1. The lowest BCUT2D eigenvalue weighted by atomic mass is 10.0. The van der Waals surface area contributed by atoms with Crippen LogP contribution in [0, 0.1) is 0 Å². The first-order valence-corrected chi connectivity index (χ1v) is 9.93. The van der Waals surface area contributed by atoms with E-state index in [1.54, 1.807) is 6.07 Å². The van der Waals surface area contributed by atoms with Crippen molar-refractivity contribution in [2.24, 2.45) is 5.14 Å². The van der Waals surface area contributed by atoms with E-state index >= 15 is 0 Å². The summed E-state index contributed by atoms with van der Waals surface area (Å²) in [5.41, 5.74) is 4.57. The van der Waals surface area contributed by atoms with Gasteiger partial charge in [-0.25, -0.2) is 13.9 Å². The van der Waals surface area contributed by atoms with Crippen LogP contribution in [0.15, 0.2) is 49.3 Å². The molecule has 1 aromatic heterocycles. The zero-order valence-corrected chi connectivity index (χ0v) is 15.5. The molecule has 146 valence electrons. The van der Waals surface area contributed by atoms with Gasteiger partial charge in [-0.15, -0.1) is 0 Å². The highest BCUT2D eigenvalue weighted by Crippen LogP contribution is 2.32. The molecule has 0 bridgehead atoms. The van der Waals surface area contributed by atoms with Crippen LogP contribution in [0.3, 0.4) is 0 Å². The lowest BCUT2D eigenvalue weighted by Crippen LogP contribution is -2.43. The van der Waals surface area contributed by atoms with Crippen molar-refractivity contribution < 1.29 is 18.4 Å². The molecule has 1 aliphatic heterocycles. The Kier molecular flexibility index (Phi) is 5.82. The molecule has 2 aromatic rings. The number of rotatable bonds is 7. The Labute approximate surface area is 158 Å². The number of hydrogen-bond donors (Lipinski definition) is 4. The Morgan fingerprint density at radius 3 is 2.74 bits per heavy atom. The van der Waals surface area contributed by atoms with Crippen LogP contribution in [0.1, 0.15) is 12.0 Å². The van der Waals surface area contributed by atoms with Gasteiger partial charge in [-0.1, -0.05) is 18.7 Å². The van der Waals surface area contributed by atoms with E-state index in [4.69, 9.17) is 9.98 Å². The van der Waals surface area contributed by atoms with Crippen molar-refractivity contribution in [3.05, 3.63) is 55.0 Å². The van der Waals surface area contributed by atoms with Crippen LogP contribution < -0.4 is 20.8 Å². The number of aliphatic hydroxyl groups is 1. The topological polar surface area (TPSA) is 122 Å². The van der Waals surface area contributed by atoms with Crippen LogP contribution in [-0.2, 0) is 15.0 Å². The van der Waals surface area contributed by atoms with Crippen LogP contribution in [0.4, 0.5) is 5.69 Å². The molecule has 0 aliphatic carbocycles. The quantitative estimate of drug-likeness (QED) is 0.393. The number of anilines is 1. The van der Waals surface area contributed by atoms with E-state index in [1.807, 2.05) is 24.3 Å². The zero-order chi connectivity index (χ0) is 19.4. The predicted molar refractivity (Wildman–Crippen MR) is 103 cm³/mol. The summed E-state index contributed by atoms with van der Waals surface area (Å²) in [6, 6.07) is 9.26. The highest BCUT2D eigenvalue weighted by molar-refractivity contribution is 7.87. The normalized spacial score (nSPS) is 16.1. The minimum absolute atomic E-state index is 0.00399. The molecule has 2 heterocycles. The smallest absolute Gasteiger partial charge is 0.302 e. The highest BCUT2D eigenvalue weighted by atomic mass is 32.2. The number of hydroxylamine groups is 1. The second-order valence-corrected chi connectivity index (χ2v) is 7.46. The largest absolute Gasteiger partial charge is 0.369 e. The maximum Gasteiger partial charge on any atom is 0.302 e. The standard InChI is InChI=1S/C17H23N5O4S/c1-2-20-26-17(23)16-15(6-9-22(16)27(18,24)25)13-4-3-5-14(12-13)21-10-7-19-8-11-21/h2-6,9,12,17,19-20,23H,1,7-8,10-11H2,(H2,18,24,25). The summed E-state index contributed by atoms with van der Waals surface area (Å²) in [5.74, 6) is 0. The molecular weight excluding hydrogens is 370 g/mol. The summed E-state index contributed by atoms with van der Waals surface area (Å²) in [5, 5.41) is 18.9. The second-order valence-electron chi connectivity index (χ2n) is 6.03. The number of benzene rings is 1. The summed E-state index contributed by atoms with van der Waals surface area (Å²) < 4.78 is 24.6. The van der Waals surface area contributed by atoms with Gasteiger partial charge in [0, 0.05) is 49.8 Å². The molecule has 0 radical (unpaired) electrons. The summed E-state index contributed by atoms with van der Waals surface area (Å²) in [7, 11) is -4.12. The molecule has 0 saturated carbocycles. The van der Waals surface area contributed by atoms with Gasteiger partial charge in [0.2, 0.25) is 6.29 Å². The molecule has 1 atom stereocenters. The molecule has 5 N–H and O–H groups in total. The van der Waals surface area contributed by atoms with Crippen molar-refractivity contribution in [2.75, 3.05) is 31.1 Å². The van der Waals surface area contributed by atoms with Gasteiger partial charge in [-0.2, -0.15) is 8.42 Å². The summed E-state index contributed by atoms with van der Waals surface area (Å²) in [6.45, 7) is 6.98. The van der Waals surface area contributed by atoms with E-state index in [2.05, 4.69) is 22.3 Å². The molecule has 9 nitrogen and oxygen atoms in total. The molecule has 1 unspecified atom stereocenters. The van der Waals surface area contributed by atoms with Crippen LogP contribution >= 0.6 is 0 Å². The summed E-state index contributed by atoms with van der Waals surface area (Å²) >= 11 is 0. The van der Waals surface area contributed by atoms with Gasteiger partial charge < -0.3 is 15.3 Å². The summed E-state index contributed by atoms with van der Waals surface area (Å²) in [4.78, 5) is 7.25. The lowest BCUT2D eigenvalue weighted by Gasteiger charge is -2.29. The molecule has 3 rings (SSSR count). The third kappa shape index (κ3) is 4.31. The number of nitrogens with two attached hydrogens (primary N) is 1. The van der Waals surface area contributed by atoms with Crippen molar-refractivity contribution in [3.63, 3.8) is 0 Å². The summed E-state index contributed by atoms with van der Waals surface area (Å²) in [6.07, 6.45) is 0.935. The van der Waals surface area contributed by atoms with Gasteiger partial charge in [0.25, 0.3) is 0 Å². The second kappa shape index (κ2) is 8.11. The molecule has 1 aliphatic rings. The number of aliphatic hydroxyl groups excluding tert-OH is 1. The first-order valence-electron chi connectivity index (χ1n) is 8.42. The molecule has 10 heteroatoms. The Bertz CT molecular complexity index is 906. The van der Waals surface area contributed by atoms with E-state index in [-0.39, 0.29) is 5.69 Å². The average molecular weight is 393 g/mol.